The minimum atomic E-state index is -0.383. The van der Waals surface area contributed by atoms with Crippen LogP contribution in [0.25, 0.3) is 0 Å². The lowest BCUT2D eigenvalue weighted by Gasteiger charge is -2.37. The SMILES string of the molecule is O=C(NCC1CCOC1)N1CCN(c2ccc(F)cc2)c2cc(F)ccc21. The average Bonchev–Trinajstić information content (AvgIpc) is 3.19. The van der Waals surface area contributed by atoms with Gasteiger partial charge >= 0.3 is 6.03 Å². The molecule has 0 saturated carbocycles. The number of carbonyl (C=O) groups excluding carboxylic acids is 1. The predicted molar refractivity (Wildman–Crippen MR) is 99.5 cm³/mol. The number of hydrogen-bond donors (Lipinski definition) is 1. The van der Waals surface area contributed by atoms with Crippen LogP contribution >= 0.6 is 0 Å². The monoisotopic (exact) mass is 373 g/mol. The molecule has 4 rings (SSSR count). The lowest BCUT2D eigenvalue weighted by molar-refractivity contribution is 0.185. The molecular formula is C20H21F2N3O2. The first-order valence-electron chi connectivity index (χ1n) is 9.07. The molecule has 0 aromatic heterocycles. The highest BCUT2D eigenvalue weighted by Crippen LogP contribution is 2.38. The maximum absolute atomic E-state index is 13.9. The van der Waals surface area contributed by atoms with Gasteiger partial charge in [0.1, 0.15) is 11.6 Å². The minimum Gasteiger partial charge on any atom is -0.381 e. The molecule has 2 aromatic carbocycles. The second-order valence-electron chi connectivity index (χ2n) is 6.83. The summed E-state index contributed by atoms with van der Waals surface area (Å²) in [4.78, 5) is 16.2. The number of benzene rings is 2. The van der Waals surface area contributed by atoms with Crippen molar-refractivity contribution in [1.29, 1.82) is 0 Å². The molecule has 27 heavy (non-hydrogen) atoms. The highest BCUT2D eigenvalue weighted by Gasteiger charge is 2.28. The van der Waals surface area contributed by atoms with Crippen LogP contribution in [0.4, 0.5) is 30.6 Å². The van der Waals surface area contributed by atoms with E-state index in [0.717, 1.165) is 18.7 Å². The first-order valence-corrected chi connectivity index (χ1v) is 9.07. The van der Waals surface area contributed by atoms with Gasteiger partial charge in [0.15, 0.2) is 0 Å². The van der Waals surface area contributed by atoms with Crippen molar-refractivity contribution >= 4 is 23.1 Å². The van der Waals surface area contributed by atoms with Crippen LogP contribution < -0.4 is 15.1 Å². The van der Waals surface area contributed by atoms with Gasteiger partial charge in [0.2, 0.25) is 0 Å². The topological polar surface area (TPSA) is 44.8 Å². The van der Waals surface area contributed by atoms with Crippen LogP contribution in [0.5, 0.6) is 0 Å². The summed E-state index contributed by atoms with van der Waals surface area (Å²) in [5, 5.41) is 2.96. The normalized spacial score (nSPS) is 19.1. The molecule has 0 radical (unpaired) electrons. The van der Waals surface area contributed by atoms with E-state index < -0.39 is 0 Å². The molecule has 0 aliphatic carbocycles. The van der Waals surface area contributed by atoms with Gasteiger partial charge in [-0.15, -0.1) is 0 Å². The number of anilines is 3. The number of amides is 2. The van der Waals surface area contributed by atoms with Crippen LogP contribution in [0.3, 0.4) is 0 Å². The molecule has 0 spiro atoms. The predicted octanol–water partition coefficient (Wildman–Crippen LogP) is 3.67. The van der Waals surface area contributed by atoms with Gasteiger partial charge in [-0.2, -0.15) is 0 Å². The lowest BCUT2D eigenvalue weighted by Crippen LogP contribution is -2.48. The van der Waals surface area contributed by atoms with Crippen molar-refractivity contribution in [3.63, 3.8) is 0 Å². The second-order valence-corrected chi connectivity index (χ2v) is 6.83. The third-order valence-electron chi connectivity index (χ3n) is 5.02. The van der Waals surface area contributed by atoms with Crippen molar-refractivity contribution in [2.24, 2.45) is 5.92 Å². The molecule has 1 N–H and O–H groups in total. The van der Waals surface area contributed by atoms with E-state index >= 15 is 0 Å². The van der Waals surface area contributed by atoms with Crippen LogP contribution in [0.1, 0.15) is 6.42 Å². The zero-order valence-corrected chi connectivity index (χ0v) is 14.8. The Morgan fingerprint density at radius 3 is 2.59 bits per heavy atom. The average molecular weight is 373 g/mol. The minimum absolute atomic E-state index is 0.200. The maximum atomic E-state index is 13.9. The number of fused-ring (bicyclic) bond motifs is 1. The van der Waals surface area contributed by atoms with Crippen molar-refractivity contribution in [2.45, 2.75) is 6.42 Å². The number of nitrogens with one attached hydrogen (secondary N) is 1. The van der Waals surface area contributed by atoms with Gasteiger partial charge in [0.05, 0.1) is 18.0 Å². The summed E-state index contributed by atoms with van der Waals surface area (Å²) in [6, 6.07) is 10.2. The van der Waals surface area contributed by atoms with Crippen LogP contribution in [0.15, 0.2) is 42.5 Å². The van der Waals surface area contributed by atoms with Crippen molar-refractivity contribution in [3.05, 3.63) is 54.1 Å². The second kappa shape index (κ2) is 7.52. The first kappa shape index (κ1) is 17.7. The Bertz CT molecular complexity index is 822. The quantitative estimate of drug-likeness (QED) is 0.893. The molecule has 2 heterocycles. The fraction of sp³-hybridized carbons (Fsp3) is 0.350. The number of urea groups is 1. The van der Waals surface area contributed by atoms with Crippen LogP contribution in [-0.2, 0) is 4.74 Å². The highest BCUT2D eigenvalue weighted by atomic mass is 19.1. The summed E-state index contributed by atoms with van der Waals surface area (Å²) < 4.78 is 32.5. The van der Waals surface area contributed by atoms with E-state index in [-0.39, 0.29) is 17.7 Å². The van der Waals surface area contributed by atoms with E-state index in [1.54, 1.807) is 23.1 Å². The number of hydrogen-bond acceptors (Lipinski definition) is 3. The summed E-state index contributed by atoms with van der Waals surface area (Å²) in [6.45, 7) is 2.90. The summed E-state index contributed by atoms with van der Waals surface area (Å²) in [5.74, 6) is -0.375. The molecule has 2 amide bonds. The van der Waals surface area contributed by atoms with Gasteiger partial charge in [-0.05, 0) is 48.9 Å². The van der Waals surface area contributed by atoms with Gasteiger partial charge in [0.25, 0.3) is 0 Å². The Balaban J connectivity index is 1.57. The van der Waals surface area contributed by atoms with E-state index in [2.05, 4.69) is 5.32 Å². The van der Waals surface area contributed by atoms with Crippen molar-refractivity contribution in [1.82, 2.24) is 5.32 Å². The third kappa shape index (κ3) is 3.73. The molecule has 2 aromatic rings. The Morgan fingerprint density at radius 2 is 1.85 bits per heavy atom. The highest BCUT2D eigenvalue weighted by molar-refractivity contribution is 5.97. The summed E-state index contributed by atoms with van der Waals surface area (Å²) in [6.07, 6.45) is 0.945. The van der Waals surface area contributed by atoms with Gasteiger partial charge in [-0.3, -0.25) is 4.90 Å². The molecule has 1 saturated heterocycles. The van der Waals surface area contributed by atoms with Gasteiger partial charge in [-0.25, -0.2) is 13.6 Å². The summed E-state index contributed by atoms with van der Waals surface area (Å²) in [5.41, 5.74) is 1.98. The number of carbonyl (C=O) groups is 1. The molecule has 7 heteroatoms. The van der Waals surface area contributed by atoms with E-state index in [9.17, 15) is 13.6 Å². The maximum Gasteiger partial charge on any atom is 0.322 e. The van der Waals surface area contributed by atoms with Crippen molar-refractivity contribution in [3.8, 4) is 0 Å². The van der Waals surface area contributed by atoms with Gasteiger partial charge in [0, 0.05) is 37.8 Å². The lowest BCUT2D eigenvalue weighted by atomic mass is 10.1. The van der Waals surface area contributed by atoms with E-state index in [1.807, 2.05) is 4.90 Å². The Labute approximate surface area is 156 Å². The van der Waals surface area contributed by atoms with Crippen LogP contribution in [0.2, 0.25) is 0 Å². The zero-order valence-electron chi connectivity index (χ0n) is 14.8. The van der Waals surface area contributed by atoms with Gasteiger partial charge < -0.3 is 15.0 Å². The number of halogens is 2. The Morgan fingerprint density at radius 1 is 1.07 bits per heavy atom. The fourth-order valence-corrected chi connectivity index (χ4v) is 3.55. The van der Waals surface area contributed by atoms with E-state index in [0.29, 0.717) is 43.5 Å². The van der Waals surface area contributed by atoms with Crippen molar-refractivity contribution < 1.29 is 18.3 Å². The third-order valence-corrected chi connectivity index (χ3v) is 5.02. The molecule has 5 nitrogen and oxygen atoms in total. The van der Waals surface area contributed by atoms with E-state index in [4.69, 9.17) is 4.74 Å². The summed E-state index contributed by atoms with van der Waals surface area (Å²) >= 11 is 0. The fourth-order valence-electron chi connectivity index (χ4n) is 3.55. The molecule has 2 aliphatic rings. The van der Waals surface area contributed by atoms with Crippen LogP contribution in [0, 0.1) is 17.6 Å². The zero-order chi connectivity index (χ0) is 18.8. The van der Waals surface area contributed by atoms with E-state index in [1.165, 1.54) is 24.3 Å². The smallest absolute Gasteiger partial charge is 0.322 e. The largest absolute Gasteiger partial charge is 0.381 e. The molecule has 2 aliphatic heterocycles. The standard InChI is InChI=1S/C20H21F2N3O2/c21-15-1-4-17(5-2-15)24-8-9-25(18-6-3-16(22)11-19(18)24)20(26)23-12-14-7-10-27-13-14/h1-6,11,14H,7-10,12-13H2,(H,23,26). The molecule has 0 bridgehead atoms. The van der Waals surface area contributed by atoms with Gasteiger partial charge in [-0.1, -0.05) is 0 Å². The number of rotatable bonds is 3. The molecule has 1 fully saturated rings. The molecule has 1 unspecified atom stereocenters. The molecular weight excluding hydrogens is 352 g/mol. The number of nitrogens with zero attached hydrogens (tertiary/aromatic N) is 2. The molecule has 142 valence electrons. The molecule has 1 atom stereocenters. The number of ether oxygens (including phenoxy) is 1. The Hall–Kier alpha value is -2.67. The van der Waals surface area contributed by atoms with Crippen molar-refractivity contribution in [2.75, 3.05) is 42.6 Å². The van der Waals surface area contributed by atoms with Crippen LogP contribution in [-0.4, -0.2) is 38.9 Å². The Kier molecular flexibility index (Phi) is 4.94. The summed E-state index contributed by atoms with van der Waals surface area (Å²) in [7, 11) is 0. The first-order chi connectivity index (χ1) is 13.1.